The highest BCUT2D eigenvalue weighted by Gasteiger charge is 2.14. The van der Waals surface area contributed by atoms with Crippen LogP contribution in [-0.4, -0.2) is 24.7 Å². The normalized spacial score (nSPS) is 10.4. The van der Waals surface area contributed by atoms with Gasteiger partial charge in [-0.25, -0.2) is 0 Å². The topological polar surface area (TPSA) is 46.6 Å². The van der Waals surface area contributed by atoms with Crippen LogP contribution in [0.2, 0.25) is 0 Å². The van der Waals surface area contributed by atoms with Crippen LogP contribution in [0.5, 0.6) is 5.75 Å². The van der Waals surface area contributed by atoms with Crippen LogP contribution in [0, 0.1) is 13.8 Å². The first-order valence-electron chi connectivity index (χ1n) is 9.28. The van der Waals surface area contributed by atoms with Crippen LogP contribution in [0.3, 0.4) is 0 Å². The number of ether oxygens (including phenoxy) is 1. The fourth-order valence-electron chi connectivity index (χ4n) is 2.76. The molecule has 0 aliphatic heterocycles. The lowest BCUT2D eigenvalue weighted by Crippen LogP contribution is -2.26. The van der Waals surface area contributed by atoms with Crippen molar-refractivity contribution >= 4 is 29.3 Å². The van der Waals surface area contributed by atoms with Crippen molar-refractivity contribution in [2.75, 3.05) is 17.7 Å². The second kappa shape index (κ2) is 9.43. The van der Waals surface area contributed by atoms with Crippen LogP contribution in [0.4, 0.5) is 5.69 Å². The summed E-state index contributed by atoms with van der Waals surface area (Å²) in [7, 11) is 1.72. The van der Waals surface area contributed by atoms with E-state index in [1.807, 2.05) is 62.4 Å². The first-order valence-corrected chi connectivity index (χ1v) is 10.3. The molecule has 0 saturated heterocycles. The first kappa shape index (κ1) is 20.7. The molecule has 3 aromatic carbocycles. The van der Waals surface area contributed by atoms with Crippen molar-refractivity contribution in [2.45, 2.75) is 18.7 Å². The van der Waals surface area contributed by atoms with E-state index in [2.05, 4.69) is 0 Å². The van der Waals surface area contributed by atoms with Crippen LogP contribution in [0.1, 0.15) is 21.5 Å². The van der Waals surface area contributed by atoms with Crippen LogP contribution >= 0.6 is 11.8 Å². The number of aryl methyl sites for hydroxylation is 2. The number of carbonyl (C=O) groups is 2. The molecule has 0 aliphatic rings. The van der Waals surface area contributed by atoms with Gasteiger partial charge in [0.05, 0.1) is 5.75 Å². The van der Waals surface area contributed by atoms with Crippen LogP contribution < -0.4 is 9.64 Å². The molecule has 29 heavy (non-hydrogen) atoms. The number of carbonyl (C=O) groups excluding carboxylic acids is 2. The average molecular weight is 406 g/mol. The van der Waals surface area contributed by atoms with Crippen LogP contribution in [0.15, 0.2) is 77.7 Å². The lowest BCUT2D eigenvalue weighted by Gasteiger charge is -2.18. The number of hydrogen-bond acceptors (Lipinski definition) is 4. The molecular formula is C24H23NO3S. The monoisotopic (exact) mass is 405 g/mol. The molecule has 0 unspecified atom stereocenters. The van der Waals surface area contributed by atoms with E-state index in [9.17, 15) is 9.59 Å². The van der Waals surface area contributed by atoms with Crippen molar-refractivity contribution in [2.24, 2.45) is 0 Å². The molecule has 0 spiro atoms. The van der Waals surface area contributed by atoms with Gasteiger partial charge in [0, 0.05) is 23.2 Å². The van der Waals surface area contributed by atoms with E-state index >= 15 is 0 Å². The Morgan fingerprint density at radius 3 is 2.21 bits per heavy atom. The standard InChI is InChI=1S/C24H23NO3S/c1-17-8-10-19(11-9-17)24(27)25(3)20-12-14-21(15-13-20)28-23(26)16-29-22-7-5-4-6-18(22)2/h4-15H,16H2,1-3H3. The van der Waals surface area contributed by atoms with E-state index in [-0.39, 0.29) is 17.6 Å². The van der Waals surface area contributed by atoms with E-state index in [0.29, 0.717) is 11.3 Å². The van der Waals surface area contributed by atoms with Gasteiger partial charge < -0.3 is 9.64 Å². The minimum Gasteiger partial charge on any atom is -0.426 e. The van der Waals surface area contributed by atoms with Crippen molar-refractivity contribution in [3.63, 3.8) is 0 Å². The summed E-state index contributed by atoms with van der Waals surface area (Å²) in [6.45, 7) is 4.00. The summed E-state index contributed by atoms with van der Waals surface area (Å²) < 4.78 is 5.41. The number of rotatable bonds is 6. The zero-order valence-electron chi connectivity index (χ0n) is 16.7. The fourth-order valence-corrected chi connectivity index (χ4v) is 3.56. The van der Waals surface area contributed by atoms with Crippen molar-refractivity contribution in [3.05, 3.63) is 89.5 Å². The number of thioether (sulfide) groups is 1. The van der Waals surface area contributed by atoms with Crippen molar-refractivity contribution in [1.29, 1.82) is 0 Å². The number of anilines is 1. The largest absolute Gasteiger partial charge is 0.426 e. The van der Waals surface area contributed by atoms with Gasteiger partial charge in [-0.05, 0) is 61.9 Å². The second-order valence-corrected chi connectivity index (χ2v) is 7.77. The van der Waals surface area contributed by atoms with Crippen molar-refractivity contribution in [3.8, 4) is 5.75 Å². The van der Waals surface area contributed by atoms with Gasteiger partial charge in [-0.15, -0.1) is 11.8 Å². The van der Waals surface area contributed by atoms with Gasteiger partial charge in [0.15, 0.2) is 0 Å². The third-order valence-electron chi connectivity index (χ3n) is 4.50. The molecule has 0 atom stereocenters. The minimum atomic E-state index is -0.310. The number of nitrogens with zero attached hydrogens (tertiary/aromatic N) is 1. The number of amides is 1. The number of esters is 1. The van der Waals surface area contributed by atoms with E-state index in [1.165, 1.54) is 11.8 Å². The van der Waals surface area contributed by atoms with Crippen LogP contribution in [0.25, 0.3) is 0 Å². The summed E-state index contributed by atoms with van der Waals surface area (Å²) in [5.74, 6) is 0.290. The Kier molecular flexibility index (Phi) is 6.73. The maximum atomic E-state index is 12.6. The molecule has 3 rings (SSSR count). The zero-order valence-corrected chi connectivity index (χ0v) is 17.5. The molecule has 0 fully saturated rings. The maximum absolute atomic E-state index is 12.6. The Morgan fingerprint density at radius 1 is 0.897 bits per heavy atom. The summed E-state index contributed by atoms with van der Waals surface area (Å²) in [5, 5.41) is 0. The van der Waals surface area contributed by atoms with E-state index in [1.54, 1.807) is 36.2 Å². The highest BCUT2D eigenvalue weighted by Crippen LogP contribution is 2.24. The predicted molar refractivity (Wildman–Crippen MR) is 118 cm³/mol. The fraction of sp³-hybridized carbons (Fsp3) is 0.167. The van der Waals surface area contributed by atoms with E-state index in [4.69, 9.17) is 4.74 Å². The third kappa shape index (κ3) is 5.48. The summed E-state index contributed by atoms with van der Waals surface area (Å²) in [5.41, 5.74) is 3.60. The molecule has 0 aliphatic carbocycles. The Labute approximate surface area is 175 Å². The molecule has 0 heterocycles. The Hall–Kier alpha value is -3.05. The smallest absolute Gasteiger partial charge is 0.321 e. The lowest BCUT2D eigenvalue weighted by atomic mass is 10.1. The van der Waals surface area contributed by atoms with Gasteiger partial charge in [0.25, 0.3) is 5.91 Å². The molecular weight excluding hydrogens is 382 g/mol. The highest BCUT2D eigenvalue weighted by molar-refractivity contribution is 8.00. The molecule has 0 bridgehead atoms. The number of hydrogen-bond donors (Lipinski definition) is 0. The maximum Gasteiger partial charge on any atom is 0.321 e. The Morgan fingerprint density at radius 2 is 1.55 bits per heavy atom. The second-order valence-electron chi connectivity index (χ2n) is 6.75. The van der Waals surface area contributed by atoms with E-state index < -0.39 is 0 Å². The number of benzene rings is 3. The zero-order chi connectivity index (χ0) is 20.8. The SMILES string of the molecule is Cc1ccc(C(=O)N(C)c2ccc(OC(=O)CSc3ccccc3C)cc2)cc1. The molecule has 0 radical (unpaired) electrons. The molecule has 0 saturated carbocycles. The third-order valence-corrected chi connectivity index (χ3v) is 5.65. The van der Waals surface area contributed by atoms with Crippen LogP contribution in [-0.2, 0) is 4.79 Å². The van der Waals surface area contributed by atoms with Gasteiger partial charge >= 0.3 is 5.97 Å². The average Bonchev–Trinajstić information content (AvgIpc) is 2.73. The summed E-state index contributed by atoms with van der Waals surface area (Å²) in [6, 6.07) is 22.3. The minimum absolute atomic E-state index is 0.0932. The lowest BCUT2D eigenvalue weighted by molar-refractivity contribution is -0.131. The van der Waals surface area contributed by atoms with Gasteiger partial charge in [-0.2, -0.15) is 0 Å². The molecule has 1 amide bonds. The Balaban J connectivity index is 1.58. The Bertz CT molecular complexity index is 997. The summed E-state index contributed by atoms with van der Waals surface area (Å²) >= 11 is 1.46. The molecule has 148 valence electrons. The van der Waals surface area contributed by atoms with Gasteiger partial charge in [-0.1, -0.05) is 35.9 Å². The molecule has 3 aromatic rings. The molecule has 4 nitrogen and oxygen atoms in total. The van der Waals surface area contributed by atoms with Crippen molar-refractivity contribution < 1.29 is 14.3 Å². The van der Waals surface area contributed by atoms with Gasteiger partial charge in [0.2, 0.25) is 0 Å². The van der Waals surface area contributed by atoms with Crippen molar-refractivity contribution in [1.82, 2.24) is 0 Å². The predicted octanol–water partition coefficient (Wildman–Crippen LogP) is 5.28. The quantitative estimate of drug-likeness (QED) is 0.318. The first-order chi connectivity index (χ1) is 13.9. The summed E-state index contributed by atoms with van der Waals surface area (Å²) in [6.07, 6.45) is 0. The van der Waals surface area contributed by atoms with E-state index in [0.717, 1.165) is 21.7 Å². The molecule has 0 N–H and O–H groups in total. The highest BCUT2D eigenvalue weighted by atomic mass is 32.2. The summed E-state index contributed by atoms with van der Waals surface area (Å²) in [4.78, 5) is 27.4. The van der Waals surface area contributed by atoms with Gasteiger partial charge in [0.1, 0.15) is 5.75 Å². The molecule has 0 aromatic heterocycles. The molecule has 5 heteroatoms. The van der Waals surface area contributed by atoms with Gasteiger partial charge in [-0.3, -0.25) is 9.59 Å².